The predicted molar refractivity (Wildman–Crippen MR) is 88.5 cm³/mol. The molecule has 2 aromatic carbocycles. The number of halogens is 3. The predicted octanol–water partition coefficient (Wildman–Crippen LogP) is 5.28. The molecule has 24 heavy (non-hydrogen) atoms. The van der Waals surface area contributed by atoms with Gasteiger partial charge in [0.2, 0.25) is 5.91 Å². The Kier molecular flexibility index (Phi) is 5.65. The van der Waals surface area contributed by atoms with Gasteiger partial charge in [-0.15, -0.1) is 0 Å². The van der Waals surface area contributed by atoms with Gasteiger partial charge in [0.05, 0.1) is 12.1 Å². The number of benzene rings is 2. The molecular weight excluding hydrogens is 315 g/mol. The molecule has 0 saturated carbocycles. The molecule has 0 unspecified atom stereocenters. The van der Waals surface area contributed by atoms with E-state index in [1.807, 2.05) is 44.2 Å². The summed E-state index contributed by atoms with van der Waals surface area (Å²) in [6.07, 6.45) is -3.97. The quantitative estimate of drug-likeness (QED) is 0.727. The Morgan fingerprint density at radius 3 is 2.08 bits per heavy atom. The number of nitrogens with zero attached hydrogens (tertiary/aromatic N) is 1. The van der Waals surface area contributed by atoms with Crippen LogP contribution in [0.4, 0.5) is 18.9 Å². The SMILES string of the molecule is CC(C)CC(=O)N(Cc1ccc(C(F)(F)F)cc1)c1ccccc1. The molecule has 0 atom stereocenters. The van der Waals surface area contributed by atoms with E-state index < -0.39 is 11.7 Å². The van der Waals surface area contributed by atoms with Gasteiger partial charge in [0.1, 0.15) is 0 Å². The summed E-state index contributed by atoms with van der Waals surface area (Å²) in [6, 6.07) is 14.1. The Bertz CT molecular complexity index is 663. The van der Waals surface area contributed by atoms with Crippen LogP contribution in [0.1, 0.15) is 31.4 Å². The van der Waals surface area contributed by atoms with Crippen molar-refractivity contribution in [1.29, 1.82) is 0 Å². The van der Waals surface area contributed by atoms with E-state index in [2.05, 4.69) is 0 Å². The van der Waals surface area contributed by atoms with E-state index in [0.29, 0.717) is 12.0 Å². The summed E-state index contributed by atoms with van der Waals surface area (Å²) >= 11 is 0. The van der Waals surface area contributed by atoms with Gasteiger partial charge in [-0.3, -0.25) is 4.79 Å². The lowest BCUT2D eigenvalue weighted by molar-refractivity contribution is -0.137. The minimum atomic E-state index is -4.36. The minimum absolute atomic E-state index is 0.0453. The van der Waals surface area contributed by atoms with Crippen LogP contribution in [0, 0.1) is 5.92 Å². The molecule has 0 bridgehead atoms. The van der Waals surface area contributed by atoms with Crippen molar-refractivity contribution in [3.05, 3.63) is 65.7 Å². The molecule has 0 aliphatic heterocycles. The fourth-order valence-electron chi connectivity index (χ4n) is 2.37. The van der Waals surface area contributed by atoms with Gasteiger partial charge in [-0.25, -0.2) is 0 Å². The van der Waals surface area contributed by atoms with Crippen molar-refractivity contribution in [2.24, 2.45) is 5.92 Å². The van der Waals surface area contributed by atoms with Gasteiger partial charge in [-0.2, -0.15) is 13.2 Å². The molecule has 0 saturated heterocycles. The van der Waals surface area contributed by atoms with Gasteiger partial charge in [-0.1, -0.05) is 44.2 Å². The standard InChI is InChI=1S/C19H20F3NO/c1-14(2)12-18(24)23(17-6-4-3-5-7-17)13-15-8-10-16(11-9-15)19(20,21)22/h3-11,14H,12-13H2,1-2H3. The van der Waals surface area contributed by atoms with Crippen molar-refractivity contribution in [3.8, 4) is 0 Å². The van der Waals surface area contributed by atoms with Crippen LogP contribution in [0.5, 0.6) is 0 Å². The zero-order chi connectivity index (χ0) is 17.7. The lowest BCUT2D eigenvalue weighted by Crippen LogP contribution is -2.31. The molecule has 128 valence electrons. The number of para-hydroxylation sites is 1. The summed E-state index contributed by atoms with van der Waals surface area (Å²) in [4.78, 5) is 14.1. The first-order chi connectivity index (χ1) is 11.3. The van der Waals surface area contributed by atoms with Crippen molar-refractivity contribution < 1.29 is 18.0 Å². The second-order valence-electron chi connectivity index (χ2n) is 6.11. The Morgan fingerprint density at radius 2 is 1.58 bits per heavy atom. The summed E-state index contributed by atoms with van der Waals surface area (Å²) in [6.45, 7) is 4.16. The highest BCUT2D eigenvalue weighted by atomic mass is 19.4. The molecule has 0 fully saturated rings. The molecule has 0 radical (unpaired) electrons. The van der Waals surface area contributed by atoms with E-state index >= 15 is 0 Å². The molecule has 0 N–H and O–H groups in total. The first-order valence-electron chi connectivity index (χ1n) is 7.79. The van der Waals surface area contributed by atoms with Crippen LogP contribution in [0.3, 0.4) is 0 Å². The first kappa shape index (κ1) is 18.0. The van der Waals surface area contributed by atoms with Crippen molar-refractivity contribution in [2.45, 2.75) is 33.0 Å². The number of hydrogen-bond acceptors (Lipinski definition) is 1. The number of carbonyl (C=O) groups is 1. The molecule has 0 aliphatic carbocycles. The second kappa shape index (κ2) is 7.51. The van der Waals surface area contributed by atoms with E-state index in [0.717, 1.165) is 17.8 Å². The highest BCUT2D eigenvalue weighted by Gasteiger charge is 2.30. The van der Waals surface area contributed by atoms with Crippen LogP contribution < -0.4 is 4.90 Å². The third-order valence-electron chi connectivity index (χ3n) is 3.57. The highest BCUT2D eigenvalue weighted by molar-refractivity contribution is 5.93. The Morgan fingerprint density at radius 1 is 1.00 bits per heavy atom. The summed E-state index contributed by atoms with van der Waals surface area (Å²) in [7, 11) is 0. The number of anilines is 1. The van der Waals surface area contributed by atoms with E-state index in [1.54, 1.807) is 4.90 Å². The molecule has 5 heteroatoms. The van der Waals surface area contributed by atoms with Crippen LogP contribution in [0.25, 0.3) is 0 Å². The maximum absolute atomic E-state index is 12.7. The highest BCUT2D eigenvalue weighted by Crippen LogP contribution is 2.29. The fraction of sp³-hybridized carbons (Fsp3) is 0.316. The summed E-state index contributed by atoms with van der Waals surface area (Å²) in [5, 5.41) is 0. The normalized spacial score (nSPS) is 11.6. The second-order valence-corrected chi connectivity index (χ2v) is 6.11. The fourth-order valence-corrected chi connectivity index (χ4v) is 2.37. The van der Waals surface area contributed by atoms with Gasteiger partial charge in [-0.05, 0) is 35.7 Å². The van der Waals surface area contributed by atoms with Crippen LogP contribution in [0.2, 0.25) is 0 Å². The molecular formula is C19H20F3NO. The third-order valence-corrected chi connectivity index (χ3v) is 3.57. The van der Waals surface area contributed by atoms with Crippen LogP contribution in [0.15, 0.2) is 54.6 Å². The number of alkyl halides is 3. The van der Waals surface area contributed by atoms with Crippen molar-refractivity contribution in [2.75, 3.05) is 4.90 Å². The van der Waals surface area contributed by atoms with E-state index in [9.17, 15) is 18.0 Å². The number of rotatable bonds is 5. The van der Waals surface area contributed by atoms with E-state index in [1.165, 1.54) is 12.1 Å². The Labute approximate surface area is 139 Å². The molecule has 2 aromatic rings. The Hall–Kier alpha value is -2.30. The minimum Gasteiger partial charge on any atom is -0.308 e. The Balaban J connectivity index is 2.24. The van der Waals surface area contributed by atoms with Crippen molar-refractivity contribution in [1.82, 2.24) is 0 Å². The largest absolute Gasteiger partial charge is 0.416 e. The summed E-state index contributed by atoms with van der Waals surface area (Å²) in [5.74, 6) is 0.160. The molecule has 2 rings (SSSR count). The van der Waals surface area contributed by atoms with Gasteiger partial charge in [0.25, 0.3) is 0 Å². The molecule has 1 amide bonds. The lowest BCUT2D eigenvalue weighted by atomic mass is 10.1. The average molecular weight is 335 g/mol. The number of hydrogen-bond donors (Lipinski definition) is 0. The maximum Gasteiger partial charge on any atom is 0.416 e. The summed E-state index contributed by atoms with van der Waals surface area (Å²) < 4.78 is 38.0. The van der Waals surface area contributed by atoms with Gasteiger partial charge < -0.3 is 4.90 Å². The molecule has 0 aliphatic rings. The van der Waals surface area contributed by atoms with Gasteiger partial charge >= 0.3 is 6.18 Å². The average Bonchev–Trinajstić information content (AvgIpc) is 2.52. The number of carbonyl (C=O) groups excluding carboxylic acids is 1. The number of amides is 1. The van der Waals surface area contributed by atoms with E-state index in [-0.39, 0.29) is 18.4 Å². The monoisotopic (exact) mass is 335 g/mol. The van der Waals surface area contributed by atoms with Crippen LogP contribution in [-0.4, -0.2) is 5.91 Å². The topological polar surface area (TPSA) is 20.3 Å². The van der Waals surface area contributed by atoms with Crippen molar-refractivity contribution in [3.63, 3.8) is 0 Å². The molecule has 0 spiro atoms. The van der Waals surface area contributed by atoms with Gasteiger partial charge in [0, 0.05) is 12.1 Å². The third kappa shape index (κ3) is 4.85. The smallest absolute Gasteiger partial charge is 0.308 e. The molecule has 0 aromatic heterocycles. The van der Waals surface area contributed by atoms with Crippen LogP contribution in [-0.2, 0) is 17.5 Å². The van der Waals surface area contributed by atoms with E-state index in [4.69, 9.17) is 0 Å². The zero-order valence-corrected chi connectivity index (χ0v) is 13.7. The molecule has 0 heterocycles. The zero-order valence-electron chi connectivity index (χ0n) is 13.7. The molecule has 2 nitrogen and oxygen atoms in total. The summed E-state index contributed by atoms with van der Waals surface area (Å²) in [5.41, 5.74) is 0.707. The maximum atomic E-state index is 12.7. The van der Waals surface area contributed by atoms with Crippen LogP contribution >= 0.6 is 0 Å². The lowest BCUT2D eigenvalue weighted by Gasteiger charge is -2.24. The van der Waals surface area contributed by atoms with Gasteiger partial charge in [0.15, 0.2) is 0 Å². The first-order valence-corrected chi connectivity index (χ1v) is 7.79. The van der Waals surface area contributed by atoms with Crippen molar-refractivity contribution >= 4 is 11.6 Å².